The van der Waals surface area contributed by atoms with Crippen LogP contribution in [0.4, 0.5) is 0 Å². The lowest BCUT2D eigenvalue weighted by Gasteiger charge is -2.09. The van der Waals surface area contributed by atoms with Gasteiger partial charge in [0.15, 0.2) is 0 Å². The van der Waals surface area contributed by atoms with Gasteiger partial charge in [-0.3, -0.25) is 4.79 Å². The lowest BCUT2D eigenvalue weighted by atomic mass is 10.2. The van der Waals surface area contributed by atoms with E-state index in [-0.39, 0.29) is 5.56 Å². The molecule has 112 valence electrons. The molecular formula is C17H18N4O. The molecule has 4 rings (SSSR count). The number of nitrogens with zero attached hydrogens (tertiary/aromatic N) is 4. The van der Waals surface area contributed by atoms with Gasteiger partial charge in [0.1, 0.15) is 5.52 Å². The summed E-state index contributed by atoms with van der Waals surface area (Å²) in [4.78, 5) is 12.8. The molecule has 0 atom stereocenters. The molecule has 0 unspecified atom stereocenters. The first-order valence-corrected chi connectivity index (χ1v) is 7.83. The molecular weight excluding hydrogens is 276 g/mol. The molecule has 0 amide bonds. The highest BCUT2D eigenvalue weighted by Crippen LogP contribution is 2.41. The third kappa shape index (κ3) is 2.04. The number of para-hydroxylation sites is 1. The molecule has 2 aromatic heterocycles. The second kappa shape index (κ2) is 5.09. The normalized spacial score (nSPS) is 14.6. The molecule has 22 heavy (non-hydrogen) atoms. The fourth-order valence-corrected chi connectivity index (χ4v) is 2.88. The Bertz CT molecular complexity index is 875. The SMILES string of the molecule is CCCn1nc(C2CC2)c2cnn(-c3ccccc3)c2c1=O. The van der Waals surface area contributed by atoms with Crippen LogP contribution in [0.2, 0.25) is 0 Å². The number of fused-ring (bicyclic) bond motifs is 1. The van der Waals surface area contributed by atoms with Crippen LogP contribution in [-0.2, 0) is 6.54 Å². The summed E-state index contributed by atoms with van der Waals surface area (Å²) < 4.78 is 3.36. The zero-order valence-electron chi connectivity index (χ0n) is 12.6. The van der Waals surface area contributed by atoms with Crippen molar-refractivity contribution in [3.63, 3.8) is 0 Å². The van der Waals surface area contributed by atoms with Crippen molar-refractivity contribution in [1.29, 1.82) is 0 Å². The van der Waals surface area contributed by atoms with Crippen molar-refractivity contribution in [2.75, 3.05) is 0 Å². The third-order valence-electron chi connectivity index (χ3n) is 4.11. The van der Waals surface area contributed by atoms with Crippen LogP contribution >= 0.6 is 0 Å². The molecule has 0 spiro atoms. The van der Waals surface area contributed by atoms with Crippen LogP contribution in [0, 0.1) is 0 Å². The summed E-state index contributed by atoms with van der Waals surface area (Å²) in [5.41, 5.74) is 2.54. The van der Waals surface area contributed by atoms with Crippen molar-refractivity contribution < 1.29 is 0 Å². The van der Waals surface area contributed by atoms with Crippen molar-refractivity contribution in [1.82, 2.24) is 19.6 Å². The quantitative estimate of drug-likeness (QED) is 0.743. The summed E-state index contributed by atoms with van der Waals surface area (Å²) in [7, 11) is 0. The highest BCUT2D eigenvalue weighted by atomic mass is 16.1. The lowest BCUT2D eigenvalue weighted by Crippen LogP contribution is -2.26. The average Bonchev–Trinajstić information content (AvgIpc) is 3.29. The van der Waals surface area contributed by atoms with Crippen molar-refractivity contribution >= 4 is 10.9 Å². The molecule has 1 aliphatic carbocycles. The fourth-order valence-electron chi connectivity index (χ4n) is 2.88. The van der Waals surface area contributed by atoms with Crippen LogP contribution < -0.4 is 5.56 Å². The van der Waals surface area contributed by atoms with Crippen LogP contribution in [0.25, 0.3) is 16.6 Å². The van der Waals surface area contributed by atoms with Gasteiger partial charge >= 0.3 is 0 Å². The van der Waals surface area contributed by atoms with Crippen LogP contribution in [0.15, 0.2) is 41.3 Å². The standard InChI is InChI=1S/C17H18N4O/c1-2-10-20-17(22)16-14(15(19-20)12-8-9-12)11-18-21(16)13-6-4-3-5-7-13/h3-7,11-12H,2,8-10H2,1H3. The van der Waals surface area contributed by atoms with E-state index >= 15 is 0 Å². The van der Waals surface area contributed by atoms with Gasteiger partial charge in [-0.25, -0.2) is 9.36 Å². The highest BCUT2D eigenvalue weighted by Gasteiger charge is 2.30. The minimum Gasteiger partial charge on any atom is -0.265 e. The first-order valence-electron chi connectivity index (χ1n) is 7.83. The monoisotopic (exact) mass is 294 g/mol. The van der Waals surface area contributed by atoms with E-state index in [1.807, 2.05) is 30.3 Å². The lowest BCUT2D eigenvalue weighted by molar-refractivity contribution is 0.561. The number of hydrogen-bond donors (Lipinski definition) is 0. The van der Waals surface area contributed by atoms with Gasteiger partial charge in [0, 0.05) is 17.8 Å². The summed E-state index contributed by atoms with van der Waals surface area (Å²) in [6.07, 6.45) is 4.99. The molecule has 1 aromatic carbocycles. The van der Waals surface area contributed by atoms with Crippen molar-refractivity contribution in [2.24, 2.45) is 0 Å². The molecule has 5 nitrogen and oxygen atoms in total. The Morgan fingerprint density at radius 1 is 1.23 bits per heavy atom. The Kier molecular flexibility index (Phi) is 3.06. The zero-order valence-corrected chi connectivity index (χ0v) is 12.6. The molecule has 0 bridgehead atoms. The minimum absolute atomic E-state index is 0.0531. The Balaban J connectivity index is 2.02. The van der Waals surface area contributed by atoms with E-state index in [0.717, 1.165) is 36.0 Å². The largest absolute Gasteiger partial charge is 0.293 e. The molecule has 3 aromatic rings. The average molecular weight is 294 g/mol. The summed E-state index contributed by atoms with van der Waals surface area (Å²) in [6.45, 7) is 2.71. The predicted molar refractivity (Wildman–Crippen MR) is 85.4 cm³/mol. The summed E-state index contributed by atoms with van der Waals surface area (Å²) in [6, 6.07) is 9.80. The van der Waals surface area contributed by atoms with E-state index in [0.29, 0.717) is 18.0 Å². The van der Waals surface area contributed by atoms with Gasteiger partial charge < -0.3 is 0 Å². The van der Waals surface area contributed by atoms with Gasteiger partial charge in [0.2, 0.25) is 0 Å². The maximum atomic E-state index is 12.8. The fraction of sp³-hybridized carbons (Fsp3) is 0.353. The second-order valence-corrected chi connectivity index (χ2v) is 5.84. The summed E-state index contributed by atoms with van der Waals surface area (Å²) in [5.74, 6) is 0.486. The maximum absolute atomic E-state index is 12.8. The maximum Gasteiger partial charge on any atom is 0.293 e. The Labute approximate surface area is 128 Å². The number of aromatic nitrogens is 4. The second-order valence-electron chi connectivity index (χ2n) is 5.84. The van der Waals surface area contributed by atoms with Gasteiger partial charge in [0.05, 0.1) is 17.6 Å². The minimum atomic E-state index is -0.0531. The molecule has 0 N–H and O–H groups in total. The van der Waals surface area contributed by atoms with E-state index in [1.165, 1.54) is 0 Å². The van der Waals surface area contributed by atoms with Crippen molar-refractivity contribution in [3.8, 4) is 5.69 Å². The zero-order chi connectivity index (χ0) is 15.1. The highest BCUT2D eigenvalue weighted by molar-refractivity contribution is 5.82. The molecule has 0 saturated heterocycles. The van der Waals surface area contributed by atoms with Crippen molar-refractivity contribution in [2.45, 2.75) is 38.6 Å². The number of rotatable bonds is 4. The molecule has 1 aliphatic rings. The summed E-state index contributed by atoms with van der Waals surface area (Å²) in [5, 5.41) is 9.98. The van der Waals surface area contributed by atoms with Gasteiger partial charge in [-0.05, 0) is 31.4 Å². The first kappa shape index (κ1) is 13.2. The van der Waals surface area contributed by atoms with Crippen molar-refractivity contribution in [3.05, 3.63) is 52.6 Å². The van der Waals surface area contributed by atoms with E-state index in [2.05, 4.69) is 17.1 Å². The third-order valence-corrected chi connectivity index (χ3v) is 4.11. The van der Waals surface area contributed by atoms with E-state index < -0.39 is 0 Å². The molecule has 1 fully saturated rings. The summed E-state index contributed by atoms with van der Waals surface area (Å²) >= 11 is 0. The van der Waals surface area contributed by atoms with Crippen LogP contribution in [0.5, 0.6) is 0 Å². The molecule has 1 saturated carbocycles. The van der Waals surface area contributed by atoms with Gasteiger partial charge in [-0.2, -0.15) is 10.2 Å². The number of hydrogen-bond acceptors (Lipinski definition) is 3. The van der Waals surface area contributed by atoms with Gasteiger partial charge in [-0.15, -0.1) is 0 Å². The van der Waals surface area contributed by atoms with E-state index in [1.54, 1.807) is 15.6 Å². The van der Waals surface area contributed by atoms with Crippen LogP contribution in [0.3, 0.4) is 0 Å². The number of benzene rings is 1. The Morgan fingerprint density at radius 2 is 2.00 bits per heavy atom. The first-order chi connectivity index (χ1) is 10.8. The van der Waals surface area contributed by atoms with Gasteiger partial charge in [-0.1, -0.05) is 25.1 Å². The van der Waals surface area contributed by atoms with E-state index in [9.17, 15) is 4.79 Å². The number of aryl methyl sites for hydroxylation is 1. The Hall–Kier alpha value is -2.43. The van der Waals surface area contributed by atoms with E-state index in [4.69, 9.17) is 0 Å². The molecule has 0 aliphatic heterocycles. The van der Waals surface area contributed by atoms with Gasteiger partial charge in [0.25, 0.3) is 5.56 Å². The Morgan fingerprint density at radius 3 is 2.68 bits per heavy atom. The van der Waals surface area contributed by atoms with Crippen LogP contribution in [0.1, 0.15) is 37.8 Å². The molecule has 0 radical (unpaired) electrons. The molecule has 2 heterocycles. The topological polar surface area (TPSA) is 52.7 Å². The molecule has 5 heteroatoms. The predicted octanol–water partition coefficient (Wildman–Crippen LogP) is 2.87. The van der Waals surface area contributed by atoms with Crippen LogP contribution in [-0.4, -0.2) is 19.6 Å². The smallest absolute Gasteiger partial charge is 0.265 e.